The van der Waals surface area contributed by atoms with Gasteiger partial charge < -0.3 is 15.7 Å². The Labute approximate surface area is 97.8 Å². The monoisotopic (exact) mass is 228 g/mol. The fourth-order valence-electron chi connectivity index (χ4n) is 2.19. The molecule has 4 nitrogen and oxygen atoms in total. The van der Waals surface area contributed by atoms with Crippen LogP contribution >= 0.6 is 0 Å². The van der Waals surface area contributed by atoms with Gasteiger partial charge in [-0.3, -0.25) is 4.79 Å². The molecule has 2 atom stereocenters. The van der Waals surface area contributed by atoms with Crippen LogP contribution in [0.15, 0.2) is 0 Å². The molecule has 0 spiro atoms. The van der Waals surface area contributed by atoms with Crippen LogP contribution in [0.2, 0.25) is 0 Å². The normalized spacial score (nSPS) is 22.4. The number of aliphatic hydroxyl groups excluding tert-OH is 1. The van der Waals surface area contributed by atoms with Crippen LogP contribution in [0.25, 0.3) is 0 Å². The first kappa shape index (κ1) is 13.5. The number of rotatable bonds is 6. The lowest BCUT2D eigenvalue weighted by Gasteiger charge is -2.19. The van der Waals surface area contributed by atoms with Gasteiger partial charge in [0.05, 0.1) is 12.6 Å². The molecule has 0 aromatic rings. The van der Waals surface area contributed by atoms with Crippen molar-refractivity contribution >= 4 is 5.91 Å². The lowest BCUT2D eigenvalue weighted by Crippen LogP contribution is -2.40. The van der Waals surface area contributed by atoms with Crippen molar-refractivity contribution in [1.82, 2.24) is 10.6 Å². The Bertz CT molecular complexity index is 213. The number of amides is 1. The smallest absolute Gasteiger partial charge is 0.221 e. The molecule has 1 amide bonds. The molecular formula is C12H24N2O2. The van der Waals surface area contributed by atoms with Crippen molar-refractivity contribution in [3.63, 3.8) is 0 Å². The minimum atomic E-state index is -0.0890. The van der Waals surface area contributed by atoms with Crippen molar-refractivity contribution in [3.05, 3.63) is 0 Å². The largest absolute Gasteiger partial charge is 0.394 e. The highest BCUT2D eigenvalue weighted by Gasteiger charge is 2.19. The average molecular weight is 228 g/mol. The second-order valence-electron chi connectivity index (χ2n) is 5.07. The van der Waals surface area contributed by atoms with Gasteiger partial charge in [-0.05, 0) is 31.7 Å². The first-order valence-electron chi connectivity index (χ1n) is 6.25. The molecule has 94 valence electrons. The van der Waals surface area contributed by atoms with Crippen LogP contribution in [0.1, 0.15) is 39.5 Å². The van der Waals surface area contributed by atoms with Gasteiger partial charge in [-0.2, -0.15) is 0 Å². The fraction of sp³-hybridized carbons (Fsp3) is 0.917. The number of nitrogens with one attached hydrogen (secondary N) is 2. The highest BCUT2D eigenvalue weighted by atomic mass is 16.3. The van der Waals surface area contributed by atoms with E-state index >= 15 is 0 Å². The lowest BCUT2D eigenvalue weighted by atomic mass is 10.0. The van der Waals surface area contributed by atoms with E-state index in [1.807, 2.05) is 0 Å². The van der Waals surface area contributed by atoms with Crippen molar-refractivity contribution in [2.45, 2.75) is 51.6 Å². The van der Waals surface area contributed by atoms with Crippen LogP contribution in [-0.2, 0) is 4.79 Å². The Morgan fingerprint density at radius 2 is 2.31 bits per heavy atom. The molecule has 1 rings (SSSR count). The summed E-state index contributed by atoms with van der Waals surface area (Å²) >= 11 is 0. The molecule has 0 aliphatic carbocycles. The highest BCUT2D eigenvalue weighted by Crippen LogP contribution is 2.09. The van der Waals surface area contributed by atoms with Gasteiger partial charge in [0.25, 0.3) is 0 Å². The number of hydrogen-bond acceptors (Lipinski definition) is 3. The summed E-state index contributed by atoms with van der Waals surface area (Å²) in [5.41, 5.74) is 0. The Kier molecular flexibility index (Phi) is 5.77. The molecule has 0 radical (unpaired) electrons. The van der Waals surface area contributed by atoms with E-state index in [4.69, 9.17) is 5.11 Å². The zero-order chi connectivity index (χ0) is 12.0. The second-order valence-corrected chi connectivity index (χ2v) is 5.07. The first-order chi connectivity index (χ1) is 7.61. The molecule has 1 fully saturated rings. The van der Waals surface area contributed by atoms with E-state index in [-0.39, 0.29) is 18.6 Å². The Morgan fingerprint density at radius 1 is 1.56 bits per heavy atom. The topological polar surface area (TPSA) is 61.4 Å². The van der Waals surface area contributed by atoms with Gasteiger partial charge in [-0.25, -0.2) is 0 Å². The molecule has 1 aliphatic heterocycles. The van der Waals surface area contributed by atoms with Gasteiger partial charge >= 0.3 is 0 Å². The lowest BCUT2D eigenvalue weighted by molar-refractivity contribution is -0.122. The minimum absolute atomic E-state index is 0.0298. The van der Waals surface area contributed by atoms with E-state index in [2.05, 4.69) is 24.5 Å². The highest BCUT2D eigenvalue weighted by molar-refractivity contribution is 5.76. The van der Waals surface area contributed by atoms with Crippen molar-refractivity contribution in [2.24, 2.45) is 5.92 Å². The molecule has 0 aromatic heterocycles. The Morgan fingerprint density at radius 3 is 2.81 bits per heavy atom. The van der Waals surface area contributed by atoms with E-state index in [9.17, 15) is 4.79 Å². The van der Waals surface area contributed by atoms with Gasteiger partial charge in [-0.1, -0.05) is 13.8 Å². The van der Waals surface area contributed by atoms with Gasteiger partial charge in [0, 0.05) is 12.5 Å². The van der Waals surface area contributed by atoms with Crippen LogP contribution in [0, 0.1) is 5.92 Å². The van der Waals surface area contributed by atoms with Crippen LogP contribution in [0.4, 0.5) is 0 Å². The predicted octanol–water partition coefficient (Wildman–Crippen LogP) is 0.652. The molecule has 0 saturated carbocycles. The number of carbonyl (C=O) groups is 1. The molecule has 3 N–H and O–H groups in total. The Balaban J connectivity index is 2.24. The van der Waals surface area contributed by atoms with Gasteiger partial charge in [0.2, 0.25) is 5.91 Å². The molecule has 4 heteroatoms. The van der Waals surface area contributed by atoms with Crippen LogP contribution < -0.4 is 10.6 Å². The van der Waals surface area contributed by atoms with E-state index < -0.39 is 0 Å². The SMILES string of the molecule is CC(C)CC(CO)NC(=O)CC1CCCN1. The van der Waals surface area contributed by atoms with Crippen LogP contribution in [0.3, 0.4) is 0 Å². The summed E-state index contributed by atoms with van der Waals surface area (Å²) in [6.07, 6.45) is 3.61. The molecule has 1 saturated heterocycles. The Hall–Kier alpha value is -0.610. The molecular weight excluding hydrogens is 204 g/mol. The molecule has 0 bridgehead atoms. The standard InChI is InChI=1S/C12H24N2O2/c1-9(2)6-11(8-15)14-12(16)7-10-4-3-5-13-10/h9-11,13,15H,3-8H2,1-2H3,(H,14,16). The molecule has 2 unspecified atom stereocenters. The van der Waals surface area contributed by atoms with E-state index in [0.29, 0.717) is 18.4 Å². The molecule has 0 aromatic carbocycles. The van der Waals surface area contributed by atoms with E-state index in [1.165, 1.54) is 0 Å². The number of carbonyl (C=O) groups excluding carboxylic acids is 1. The number of aliphatic hydroxyl groups is 1. The predicted molar refractivity (Wildman–Crippen MR) is 64.1 cm³/mol. The van der Waals surface area contributed by atoms with Crippen molar-refractivity contribution < 1.29 is 9.90 Å². The summed E-state index contributed by atoms with van der Waals surface area (Å²) in [6, 6.07) is 0.243. The maximum atomic E-state index is 11.7. The molecule has 1 aliphatic rings. The summed E-state index contributed by atoms with van der Waals surface area (Å²) in [5.74, 6) is 0.543. The summed E-state index contributed by atoms with van der Waals surface area (Å²) in [5, 5.41) is 15.3. The molecule has 16 heavy (non-hydrogen) atoms. The summed E-state index contributed by atoms with van der Waals surface area (Å²) in [7, 11) is 0. The van der Waals surface area contributed by atoms with E-state index in [0.717, 1.165) is 25.8 Å². The summed E-state index contributed by atoms with van der Waals surface area (Å²) in [4.78, 5) is 11.7. The van der Waals surface area contributed by atoms with Gasteiger partial charge in [0.15, 0.2) is 0 Å². The fourth-order valence-corrected chi connectivity index (χ4v) is 2.19. The third-order valence-corrected chi connectivity index (χ3v) is 2.94. The maximum absolute atomic E-state index is 11.7. The van der Waals surface area contributed by atoms with Crippen molar-refractivity contribution in [3.8, 4) is 0 Å². The van der Waals surface area contributed by atoms with Crippen LogP contribution in [-0.4, -0.2) is 36.2 Å². The first-order valence-corrected chi connectivity index (χ1v) is 6.25. The molecule has 1 heterocycles. The van der Waals surface area contributed by atoms with E-state index in [1.54, 1.807) is 0 Å². The zero-order valence-corrected chi connectivity index (χ0v) is 10.3. The minimum Gasteiger partial charge on any atom is -0.394 e. The third-order valence-electron chi connectivity index (χ3n) is 2.94. The van der Waals surface area contributed by atoms with Crippen molar-refractivity contribution in [2.75, 3.05) is 13.2 Å². The van der Waals surface area contributed by atoms with Gasteiger partial charge in [-0.15, -0.1) is 0 Å². The summed E-state index contributed by atoms with van der Waals surface area (Å²) < 4.78 is 0. The van der Waals surface area contributed by atoms with Gasteiger partial charge in [0.1, 0.15) is 0 Å². The average Bonchev–Trinajstić information content (AvgIpc) is 2.68. The zero-order valence-electron chi connectivity index (χ0n) is 10.3. The quantitative estimate of drug-likeness (QED) is 0.625. The second kappa shape index (κ2) is 6.86. The summed E-state index contributed by atoms with van der Waals surface area (Å²) in [6.45, 7) is 5.23. The van der Waals surface area contributed by atoms with Crippen molar-refractivity contribution in [1.29, 1.82) is 0 Å². The third kappa shape index (κ3) is 4.94. The van der Waals surface area contributed by atoms with Crippen LogP contribution in [0.5, 0.6) is 0 Å². The maximum Gasteiger partial charge on any atom is 0.221 e. The number of hydrogen-bond donors (Lipinski definition) is 3.